The highest BCUT2D eigenvalue weighted by molar-refractivity contribution is 8.93. The Hall–Kier alpha value is -3.40. The predicted octanol–water partition coefficient (Wildman–Crippen LogP) is 4.25. The molecule has 2 aliphatic rings. The number of amidine groups is 1. The van der Waals surface area contributed by atoms with E-state index in [1.807, 2.05) is 51.8 Å². The average Bonchev–Trinajstić information content (AvgIpc) is 3.28. The number of ketones is 1. The molecule has 0 aromatic heterocycles. The van der Waals surface area contributed by atoms with E-state index in [2.05, 4.69) is 5.32 Å². The molecule has 39 heavy (non-hydrogen) atoms. The van der Waals surface area contributed by atoms with E-state index in [0.717, 1.165) is 16.8 Å². The average molecular weight is 602 g/mol. The van der Waals surface area contributed by atoms with Crippen molar-refractivity contribution in [3.05, 3.63) is 58.1 Å². The molecule has 10 heteroatoms. The maximum atomic E-state index is 13.4. The van der Waals surface area contributed by atoms with E-state index in [1.165, 1.54) is 0 Å². The molecule has 2 aliphatic heterocycles. The lowest BCUT2D eigenvalue weighted by Crippen LogP contribution is -2.47. The van der Waals surface area contributed by atoms with Crippen molar-refractivity contribution in [1.29, 1.82) is 5.41 Å². The van der Waals surface area contributed by atoms with E-state index in [-0.39, 0.29) is 47.1 Å². The summed E-state index contributed by atoms with van der Waals surface area (Å²) < 4.78 is 5.67. The number of carbonyl (C=O) groups is 3. The van der Waals surface area contributed by atoms with Gasteiger partial charge in [-0.05, 0) is 54.8 Å². The van der Waals surface area contributed by atoms with E-state index in [4.69, 9.17) is 10.1 Å². The summed E-state index contributed by atoms with van der Waals surface area (Å²) in [5, 5.41) is 21.1. The molecule has 210 valence electrons. The monoisotopic (exact) mass is 600 g/mol. The van der Waals surface area contributed by atoms with E-state index in [9.17, 15) is 19.5 Å². The molecule has 2 aromatic rings. The number of hydrogen-bond acceptors (Lipinski definition) is 6. The van der Waals surface area contributed by atoms with Crippen molar-refractivity contribution in [2.75, 3.05) is 32.1 Å². The number of anilines is 1. The predicted molar refractivity (Wildman–Crippen MR) is 156 cm³/mol. The number of fused-ring (bicyclic) bond motifs is 2. The lowest BCUT2D eigenvalue weighted by atomic mass is 9.74. The van der Waals surface area contributed by atoms with Crippen molar-refractivity contribution in [2.45, 2.75) is 52.1 Å². The Kier molecular flexibility index (Phi) is 8.79. The van der Waals surface area contributed by atoms with Gasteiger partial charge in [-0.3, -0.25) is 19.8 Å². The number of nitrogens with zero attached hydrogens (tertiary/aromatic N) is 2. The van der Waals surface area contributed by atoms with Gasteiger partial charge in [0.1, 0.15) is 11.6 Å². The number of nitrogens with one attached hydrogen (secondary N) is 2. The van der Waals surface area contributed by atoms with E-state index in [0.29, 0.717) is 42.0 Å². The lowest BCUT2D eigenvalue weighted by Gasteiger charge is -2.36. The Bertz CT molecular complexity index is 1320. The smallest absolute Gasteiger partial charge is 0.308 e. The van der Waals surface area contributed by atoms with Crippen LogP contribution in [0.5, 0.6) is 5.75 Å². The van der Waals surface area contributed by atoms with Crippen LogP contribution in [0.25, 0.3) is 0 Å². The summed E-state index contributed by atoms with van der Waals surface area (Å²) in [4.78, 5) is 41.5. The summed E-state index contributed by atoms with van der Waals surface area (Å²) in [7, 11) is 3.46. The first-order valence-electron chi connectivity index (χ1n) is 12.9. The molecule has 2 atom stereocenters. The highest BCUT2D eigenvalue weighted by atomic mass is 79.9. The lowest BCUT2D eigenvalue weighted by molar-refractivity contribution is -0.143. The molecule has 0 saturated carbocycles. The van der Waals surface area contributed by atoms with E-state index in [1.54, 1.807) is 30.1 Å². The minimum Gasteiger partial charge on any atom is -0.493 e. The van der Waals surface area contributed by atoms with Crippen molar-refractivity contribution in [2.24, 2.45) is 5.92 Å². The first-order valence-corrected chi connectivity index (χ1v) is 12.9. The van der Waals surface area contributed by atoms with Gasteiger partial charge in [-0.1, -0.05) is 20.8 Å². The van der Waals surface area contributed by atoms with Crippen LogP contribution in [-0.4, -0.2) is 66.8 Å². The molecule has 3 N–H and O–H groups in total. The quantitative estimate of drug-likeness (QED) is 0.368. The Morgan fingerprint density at radius 3 is 2.49 bits per heavy atom. The van der Waals surface area contributed by atoms with Gasteiger partial charge in [0.2, 0.25) is 0 Å². The molecule has 0 aliphatic carbocycles. The van der Waals surface area contributed by atoms with Gasteiger partial charge in [0.25, 0.3) is 5.91 Å². The fourth-order valence-corrected chi connectivity index (χ4v) is 6.05. The Morgan fingerprint density at radius 1 is 1.21 bits per heavy atom. The van der Waals surface area contributed by atoms with Crippen LogP contribution in [0.1, 0.15) is 71.5 Å². The molecule has 0 radical (unpaired) electrons. The van der Waals surface area contributed by atoms with Crippen LogP contribution in [-0.2, 0) is 16.8 Å². The van der Waals surface area contributed by atoms with E-state index < -0.39 is 17.3 Å². The van der Waals surface area contributed by atoms with Gasteiger partial charge < -0.3 is 25.0 Å². The second-order valence-corrected chi connectivity index (χ2v) is 10.5. The summed E-state index contributed by atoms with van der Waals surface area (Å²) in [6, 6.07) is 8.76. The van der Waals surface area contributed by atoms with Gasteiger partial charge in [0, 0.05) is 42.9 Å². The molecule has 4 rings (SSSR count). The molecule has 0 fully saturated rings. The highest BCUT2D eigenvalue weighted by Crippen LogP contribution is 2.48. The normalized spacial score (nSPS) is 17.7. The SMILES string of the molecule is Br.CCOc1cc2c(cc1C(=O)NC)C(=N)N(CC(=O)c1ccc3c(c1)C(C)(C)C(C(CC)C(=O)O)N3C)C2. The zero-order chi connectivity index (χ0) is 27.9. The number of carboxylic acid groups (broad SMARTS) is 1. The molecular weight excluding hydrogens is 564 g/mol. The molecule has 9 nitrogen and oxygen atoms in total. The minimum atomic E-state index is -0.819. The summed E-state index contributed by atoms with van der Waals surface area (Å²) in [5.41, 5.74) is 3.74. The Balaban J connectivity index is 0.00000420. The van der Waals surface area contributed by atoms with Crippen molar-refractivity contribution in [1.82, 2.24) is 10.2 Å². The van der Waals surface area contributed by atoms with Crippen molar-refractivity contribution in [3.8, 4) is 5.75 Å². The fraction of sp³-hybridized carbons (Fsp3) is 0.448. The van der Waals surface area contributed by atoms with Crippen LogP contribution in [0.4, 0.5) is 5.69 Å². The Labute approximate surface area is 239 Å². The van der Waals surface area contributed by atoms with Gasteiger partial charge in [0.05, 0.1) is 30.7 Å². The van der Waals surface area contributed by atoms with Crippen molar-refractivity contribution in [3.63, 3.8) is 0 Å². The van der Waals surface area contributed by atoms with Gasteiger partial charge in [-0.2, -0.15) is 0 Å². The number of likely N-dealkylation sites (N-methyl/N-ethyl adjacent to an activating group) is 1. The van der Waals surface area contributed by atoms with Crippen LogP contribution >= 0.6 is 17.0 Å². The number of aliphatic carboxylic acids is 1. The van der Waals surface area contributed by atoms with Gasteiger partial charge in [0.15, 0.2) is 5.78 Å². The van der Waals surface area contributed by atoms with Crippen molar-refractivity contribution < 1.29 is 24.2 Å². The number of amides is 1. The van der Waals surface area contributed by atoms with Crippen LogP contribution < -0.4 is 15.0 Å². The highest BCUT2D eigenvalue weighted by Gasteiger charge is 2.48. The van der Waals surface area contributed by atoms with Crippen LogP contribution in [0.2, 0.25) is 0 Å². The third-order valence-electron chi connectivity index (χ3n) is 7.93. The van der Waals surface area contributed by atoms with Gasteiger partial charge in [-0.25, -0.2) is 0 Å². The number of hydrogen-bond donors (Lipinski definition) is 3. The molecular formula is C29H37BrN4O5. The number of halogens is 1. The maximum absolute atomic E-state index is 13.4. The molecule has 2 unspecified atom stereocenters. The number of carboxylic acids is 1. The number of Topliss-reactive ketones (excluding diaryl/α,β-unsaturated/α-hetero) is 1. The largest absolute Gasteiger partial charge is 0.493 e. The standard InChI is InChI=1S/C29H36N4O5.BrH/c1-7-18(28(36)37)25-29(3,4)21-11-16(9-10-22(21)32(25)6)23(34)15-33-14-17-12-24(38-8-2)20(27(35)31-5)13-19(17)26(33)30;/h9-13,18,25,30H,7-8,14-15H2,1-6H3,(H,31,35)(H,36,37);1H. The molecule has 2 aromatic carbocycles. The summed E-state index contributed by atoms with van der Waals surface area (Å²) in [6.45, 7) is 8.58. The second kappa shape index (κ2) is 11.4. The zero-order valence-electron chi connectivity index (χ0n) is 23.3. The first-order chi connectivity index (χ1) is 18.0. The van der Waals surface area contributed by atoms with E-state index >= 15 is 0 Å². The molecule has 1 amide bonds. The second-order valence-electron chi connectivity index (χ2n) is 10.5. The number of ether oxygens (including phenoxy) is 1. The van der Waals surface area contributed by atoms with Gasteiger partial charge in [-0.15, -0.1) is 17.0 Å². The van der Waals surface area contributed by atoms with Crippen LogP contribution in [0.3, 0.4) is 0 Å². The number of rotatable bonds is 9. The molecule has 2 heterocycles. The zero-order valence-corrected chi connectivity index (χ0v) is 25.0. The molecule has 0 spiro atoms. The first kappa shape index (κ1) is 30.1. The molecule has 0 bridgehead atoms. The summed E-state index contributed by atoms with van der Waals surface area (Å²) in [6.07, 6.45) is 0.512. The maximum Gasteiger partial charge on any atom is 0.308 e. The minimum absolute atomic E-state index is 0. The third kappa shape index (κ3) is 5.14. The van der Waals surface area contributed by atoms with Crippen LogP contribution in [0.15, 0.2) is 30.3 Å². The Morgan fingerprint density at radius 2 is 1.90 bits per heavy atom. The van der Waals surface area contributed by atoms with Crippen molar-refractivity contribution >= 4 is 46.2 Å². The molecule has 0 saturated heterocycles. The fourth-order valence-electron chi connectivity index (χ4n) is 6.05. The number of benzene rings is 2. The third-order valence-corrected chi connectivity index (χ3v) is 7.93. The van der Waals surface area contributed by atoms with Crippen LogP contribution in [0, 0.1) is 11.3 Å². The van der Waals surface area contributed by atoms with Gasteiger partial charge >= 0.3 is 5.97 Å². The summed E-state index contributed by atoms with van der Waals surface area (Å²) >= 11 is 0. The summed E-state index contributed by atoms with van der Waals surface area (Å²) in [5.74, 6) is -1.13. The topological polar surface area (TPSA) is 123 Å². The number of carbonyl (C=O) groups excluding carboxylic acids is 2.